The van der Waals surface area contributed by atoms with E-state index in [1.807, 2.05) is 4.68 Å². The predicted molar refractivity (Wildman–Crippen MR) is 84.2 cm³/mol. The van der Waals surface area contributed by atoms with Crippen molar-refractivity contribution in [3.8, 4) is 0 Å². The molecule has 1 heterocycles. The standard InChI is InChI=1S/C15H21N5S/c1-11-5-4-6-12(9-11)14(10-16)21-15-17-18-19-20(15)13-7-2-3-8-13/h4-6,9,13-14H,2-3,7-8,10,16H2,1H3. The van der Waals surface area contributed by atoms with Crippen molar-refractivity contribution in [2.24, 2.45) is 5.73 Å². The molecule has 2 N–H and O–H groups in total. The Morgan fingerprint density at radius 2 is 2.19 bits per heavy atom. The fourth-order valence-corrected chi connectivity index (χ4v) is 3.90. The summed E-state index contributed by atoms with van der Waals surface area (Å²) in [7, 11) is 0. The number of thioether (sulfide) groups is 1. The molecular weight excluding hydrogens is 282 g/mol. The molecule has 1 aromatic heterocycles. The Hall–Kier alpha value is -1.40. The number of rotatable bonds is 5. The molecule has 0 saturated heterocycles. The zero-order valence-electron chi connectivity index (χ0n) is 12.3. The third-order valence-electron chi connectivity index (χ3n) is 4.01. The third-order valence-corrected chi connectivity index (χ3v) is 5.24. The maximum Gasteiger partial charge on any atom is 0.210 e. The molecule has 0 aliphatic heterocycles. The molecular formula is C15H21N5S. The minimum absolute atomic E-state index is 0.191. The summed E-state index contributed by atoms with van der Waals surface area (Å²) in [5.74, 6) is 0. The number of nitrogens with zero attached hydrogens (tertiary/aromatic N) is 4. The van der Waals surface area contributed by atoms with Gasteiger partial charge in [-0.3, -0.25) is 0 Å². The van der Waals surface area contributed by atoms with E-state index < -0.39 is 0 Å². The molecule has 1 aliphatic carbocycles. The summed E-state index contributed by atoms with van der Waals surface area (Å²) in [6.45, 7) is 2.68. The summed E-state index contributed by atoms with van der Waals surface area (Å²) in [6, 6.07) is 8.95. The average Bonchev–Trinajstić information content (AvgIpc) is 3.15. The molecule has 112 valence electrons. The lowest BCUT2D eigenvalue weighted by molar-refractivity contribution is 0.422. The molecule has 1 unspecified atom stereocenters. The molecule has 2 aromatic rings. The van der Waals surface area contributed by atoms with E-state index in [-0.39, 0.29) is 5.25 Å². The number of aryl methyl sites for hydroxylation is 1. The van der Waals surface area contributed by atoms with Crippen LogP contribution in [0.1, 0.15) is 48.1 Å². The highest BCUT2D eigenvalue weighted by molar-refractivity contribution is 7.99. The summed E-state index contributed by atoms with van der Waals surface area (Å²) in [6.07, 6.45) is 4.90. The fourth-order valence-electron chi connectivity index (χ4n) is 2.89. The van der Waals surface area contributed by atoms with Crippen LogP contribution in [-0.2, 0) is 0 Å². The number of benzene rings is 1. The SMILES string of the molecule is Cc1cccc(C(CN)Sc2nnnn2C2CCCC2)c1. The minimum atomic E-state index is 0.191. The molecule has 0 bridgehead atoms. The molecule has 1 fully saturated rings. The second kappa shape index (κ2) is 6.58. The van der Waals surface area contributed by atoms with Gasteiger partial charge in [-0.25, -0.2) is 4.68 Å². The van der Waals surface area contributed by atoms with E-state index in [0.717, 1.165) is 5.16 Å². The highest BCUT2D eigenvalue weighted by atomic mass is 32.2. The van der Waals surface area contributed by atoms with Gasteiger partial charge in [0.25, 0.3) is 0 Å². The smallest absolute Gasteiger partial charge is 0.210 e. The zero-order valence-corrected chi connectivity index (χ0v) is 13.1. The average molecular weight is 303 g/mol. The van der Waals surface area contributed by atoms with Gasteiger partial charge >= 0.3 is 0 Å². The Balaban J connectivity index is 1.80. The van der Waals surface area contributed by atoms with Crippen LogP contribution in [0, 0.1) is 6.92 Å². The molecule has 1 atom stereocenters. The van der Waals surface area contributed by atoms with Crippen LogP contribution in [0.3, 0.4) is 0 Å². The minimum Gasteiger partial charge on any atom is -0.329 e. The van der Waals surface area contributed by atoms with Gasteiger partial charge in [0, 0.05) is 11.8 Å². The van der Waals surface area contributed by atoms with Crippen LogP contribution >= 0.6 is 11.8 Å². The fraction of sp³-hybridized carbons (Fsp3) is 0.533. The first-order valence-corrected chi connectivity index (χ1v) is 8.37. The second-order valence-electron chi connectivity index (χ2n) is 5.60. The molecule has 6 heteroatoms. The van der Waals surface area contributed by atoms with Crippen molar-refractivity contribution in [1.82, 2.24) is 20.2 Å². The van der Waals surface area contributed by atoms with Gasteiger partial charge in [-0.15, -0.1) is 5.10 Å². The normalized spacial score (nSPS) is 17.2. The van der Waals surface area contributed by atoms with E-state index in [2.05, 4.69) is 46.7 Å². The summed E-state index contributed by atoms with van der Waals surface area (Å²) in [4.78, 5) is 0. The molecule has 0 spiro atoms. The van der Waals surface area contributed by atoms with Gasteiger partial charge in [0.05, 0.1) is 6.04 Å². The first kappa shape index (κ1) is 14.5. The Labute approximate surface area is 129 Å². The number of nitrogens with two attached hydrogens (primary N) is 1. The molecule has 1 aromatic carbocycles. The van der Waals surface area contributed by atoms with Gasteiger partial charge in [0.2, 0.25) is 5.16 Å². The molecule has 5 nitrogen and oxygen atoms in total. The van der Waals surface area contributed by atoms with Crippen molar-refractivity contribution in [3.05, 3.63) is 35.4 Å². The van der Waals surface area contributed by atoms with Gasteiger partial charge in [0.15, 0.2) is 0 Å². The highest BCUT2D eigenvalue weighted by Crippen LogP contribution is 2.37. The topological polar surface area (TPSA) is 69.6 Å². The maximum absolute atomic E-state index is 5.98. The van der Waals surface area contributed by atoms with Crippen LogP contribution in [-0.4, -0.2) is 26.8 Å². The van der Waals surface area contributed by atoms with E-state index in [4.69, 9.17) is 5.73 Å². The lowest BCUT2D eigenvalue weighted by Crippen LogP contribution is -2.13. The number of tetrazole rings is 1. The Kier molecular flexibility index (Phi) is 4.55. The first-order chi connectivity index (χ1) is 10.3. The molecule has 21 heavy (non-hydrogen) atoms. The highest BCUT2D eigenvalue weighted by Gasteiger charge is 2.23. The van der Waals surface area contributed by atoms with Crippen molar-refractivity contribution in [2.75, 3.05) is 6.54 Å². The number of aromatic nitrogens is 4. The monoisotopic (exact) mass is 303 g/mol. The zero-order chi connectivity index (χ0) is 14.7. The molecule has 3 rings (SSSR count). The van der Waals surface area contributed by atoms with Crippen LogP contribution in [0.15, 0.2) is 29.4 Å². The van der Waals surface area contributed by atoms with Gasteiger partial charge in [-0.05, 0) is 35.8 Å². The molecule has 0 amide bonds. The molecule has 1 aliphatic rings. The van der Waals surface area contributed by atoms with E-state index in [9.17, 15) is 0 Å². The molecule has 1 saturated carbocycles. The largest absolute Gasteiger partial charge is 0.329 e. The quantitative estimate of drug-likeness (QED) is 0.860. The van der Waals surface area contributed by atoms with E-state index in [1.54, 1.807) is 11.8 Å². The van der Waals surface area contributed by atoms with Crippen LogP contribution < -0.4 is 5.73 Å². The number of hydrogen-bond donors (Lipinski definition) is 1. The van der Waals surface area contributed by atoms with Gasteiger partial charge in [-0.1, -0.05) is 54.4 Å². The predicted octanol–water partition coefficient (Wildman–Crippen LogP) is 2.89. The van der Waals surface area contributed by atoms with Gasteiger partial charge < -0.3 is 5.73 Å². The van der Waals surface area contributed by atoms with Crippen LogP contribution in [0.5, 0.6) is 0 Å². The van der Waals surface area contributed by atoms with Crippen LogP contribution in [0.2, 0.25) is 0 Å². The van der Waals surface area contributed by atoms with Crippen molar-refractivity contribution < 1.29 is 0 Å². The lowest BCUT2D eigenvalue weighted by Gasteiger charge is -2.16. The van der Waals surface area contributed by atoms with Crippen molar-refractivity contribution in [1.29, 1.82) is 0 Å². The summed E-state index contributed by atoms with van der Waals surface area (Å²) >= 11 is 1.67. The van der Waals surface area contributed by atoms with Crippen LogP contribution in [0.4, 0.5) is 0 Å². The second-order valence-corrected chi connectivity index (χ2v) is 6.77. The van der Waals surface area contributed by atoms with E-state index in [0.29, 0.717) is 12.6 Å². The Morgan fingerprint density at radius 3 is 2.90 bits per heavy atom. The Morgan fingerprint density at radius 1 is 1.38 bits per heavy atom. The summed E-state index contributed by atoms with van der Waals surface area (Å²) in [5, 5.41) is 13.3. The Bertz CT molecular complexity index is 591. The van der Waals surface area contributed by atoms with Crippen molar-refractivity contribution >= 4 is 11.8 Å². The van der Waals surface area contributed by atoms with Crippen molar-refractivity contribution in [3.63, 3.8) is 0 Å². The lowest BCUT2D eigenvalue weighted by atomic mass is 10.1. The van der Waals surface area contributed by atoms with E-state index in [1.165, 1.54) is 36.8 Å². The third kappa shape index (κ3) is 3.27. The van der Waals surface area contributed by atoms with Crippen LogP contribution in [0.25, 0.3) is 0 Å². The first-order valence-electron chi connectivity index (χ1n) is 7.49. The van der Waals surface area contributed by atoms with Crippen molar-refractivity contribution in [2.45, 2.75) is 49.1 Å². The van der Waals surface area contributed by atoms with Gasteiger partial charge in [0.1, 0.15) is 0 Å². The summed E-state index contributed by atoms with van der Waals surface area (Å²) in [5.41, 5.74) is 8.47. The maximum atomic E-state index is 5.98. The summed E-state index contributed by atoms with van der Waals surface area (Å²) < 4.78 is 2.00. The van der Waals surface area contributed by atoms with E-state index >= 15 is 0 Å². The molecule has 0 radical (unpaired) electrons. The number of hydrogen-bond acceptors (Lipinski definition) is 5. The van der Waals surface area contributed by atoms with Gasteiger partial charge in [-0.2, -0.15) is 0 Å².